The van der Waals surface area contributed by atoms with Gasteiger partial charge in [-0.3, -0.25) is 0 Å². The molecule has 1 aliphatic carbocycles. The molecule has 0 aromatic heterocycles. The zero-order valence-electron chi connectivity index (χ0n) is 14.8. The van der Waals surface area contributed by atoms with Crippen molar-refractivity contribution in [2.75, 3.05) is 5.32 Å². The highest BCUT2D eigenvalue weighted by atomic mass is 32.2. The molecule has 0 aliphatic heterocycles. The minimum Gasteiger partial charge on any atom is -0.381 e. The third-order valence-electron chi connectivity index (χ3n) is 4.93. The molecule has 27 heavy (non-hydrogen) atoms. The fraction of sp³-hybridized carbons (Fsp3) is 0.368. The lowest BCUT2D eigenvalue weighted by atomic mass is 9.81. The smallest absolute Gasteiger partial charge is 0.240 e. The summed E-state index contributed by atoms with van der Waals surface area (Å²) in [6.45, 7) is 1.76. The second kappa shape index (κ2) is 7.90. The lowest BCUT2D eigenvalue weighted by Crippen LogP contribution is -2.40. The van der Waals surface area contributed by atoms with Gasteiger partial charge in [0, 0.05) is 29.9 Å². The molecule has 3 rings (SSSR count). The van der Waals surface area contributed by atoms with Crippen molar-refractivity contribution in [3.05, 3.63) is 59.4 Å². The molecule has 1 aliphatic rings. The second-order valence-electron chi connectivity index (χ2n) is 6.84. The van der Waals surface area contributed by atoms with E-state index in [1.54, 1.807) is 0 Å². The molecule has 8 heteroatoms. The summed E-state index contributed by atoms with van der Waals surface area (Å²) in [6.07, 6.45) is 3.10. The fourth-order valence-corrected chi connectivity index (χ4v) is 4.37. The Balaban J connectivity index is 1.73. The lowest BCUT2D eigenvalue weighted by Gasteiger charge is -2.31. The van der Waals surface area contributed by atoms with E-state index >= 15 is 0 Å². The van der Waals surface area contributed by atoms with Crippen LogP contribution in [-0.2, 0) is 16.6 Å². The molecular weight excluding hydrogens is 377 g/mol. The van der Waals surface area contributed by atoms with Gasteiger partial charge in [-0.1, -0.05) is 6.42 Å². The molecule has 0 heterocycles. The first-order valence-corrected chi connectivity index (χ1v) is 10.2. The van der Waals surface area contributed by atoms with E-state index in [9.17, 15) is 21.6 Å². The SMILES string of the molecule is CC(NS(=O)(=O)c1ccc(F)c(CNc2ccc(F)c(F)c2)c1)C1CCC1. The molecule has 1 fully saturated rings. The van der Waals surface area contributed by atoms with Crippen molar-refractivity contribution >= 4 is 15.7 Å². The Kier molecular flexibility index (Phi) is 5.76. The van der Waals surface area contributed by atoms with Gasteiger partial charge in [-0.25, -0.2) is 26.3 Å². The van der Waals surface area contributed by atoms with Crippen LogP contribution in [0.25, 0.3) is 0 Å². The average Bonchev–Trinajstić information content (AvgIpc) is 2.54. The van der Waals surface area contributed by atoms with Crippen LogP contribution < -0.4 is 10.0 Å². The van der Waals surface area contributed by atoms with E-state index < -0.39 is 27.5 Å². The third-order valence-corrected chi connectivity index (χ3v) is 6.48. The first kappa shape index (κ1) is 19.7. The largest absolute Gasteiger partial charge is 0.381 e. The van der Waals surface area contributed by atoms with E-state index in [4.69, 9.17) is 0 Å². The van der Waals surface area contributed by atoms with Gasteiger partial charge >= 0.3 is 0 Å². The van der Waals surface area contributed by atoms with Gasteiger partial charge in [0.25, 0.3) is 0 Å². The predicted molar refractivity (Wildman–Crippen MR) is 97.2 cm³/mol. The van der Waals surface area contributed by atoms with Crippen molar-refractivity contribution in [3.63, 3.8) is 0 Å². The quantitative estimate of drug-likeness (QED) is 0.736. The summed E-state index contributed by atoms with van der Waals surface area (Å²) in [5.41, 5.74) is 0.372. The summed E-state index contributed by atoms with van der Waals surface area (Å²) >= 11 is 0. The van der Waals surface area contributed by atoms with Crippen LogP contribution in [0.2, 0.25) is 0 Å². The molecule has 4 nitrogen and oxygen atoms in total. The number of anilines is 1. The molecular formula is C19H21F3N2O2S. The van der Waals surface area contributed by atoms with Crippen LogP contribution in [0.3, 0.4) is 0 Å². The molecule has 2 aromatic rings. The number of hydrogen-bond acceptors (Lipinski definition) is 3. The second-order valence-corrected chi connectivity index (χ2v) is 8.55. The predicted octanol–water partition coefficient (Wildman–Crippen LogP) is 4.18. The average molecular weight is 398 g/mol. The summed E-state index contributed by atoms with van der Waals surface area (Å²) in [4.78, 5) is -0.0304. The maximum atomic E-state index is 14.1. The Morgan fingerprint density at radius 2 is 1.74 bits per heavy atom. The fourth-order valence-electron chi connectivity index (χ4n) is 3.01. The van der Waals surface area contributed by atoms with Crippen molar-refractivity contribution < 1.29 is 21.6 Å². The van der Waals surface area contributed by atoms with Crippen molar-refractivity contribution in [2.24, 2.45) is 5.92 Å². The number of halogens is 3. The molecule has 0 bridgehead atoms. The van der Waals surface area contributed by atoms with E-state index in [1.807, 2.05) is 6.92 Å². The summed E-state index contributed by atoms with van der Waals surface area (Å²) < 4.78 is 68.1. The van der Waals surface area contributed by atoms with Gasteiger partial charge in [-0.2, -0.15) is 0 Å². The van der Waals surface area contributed by atoms with E-state index in [-0.39, 0.29) is 28.7 Å². The van der Waals surface area contributed by atoms with Gasteiger partial charge in [-0.05, 0) is 56.0 Å². The van der Waals surface area contributed by atoms with Crippen molar-refractivity contribution in [3.8, 4) is 0 Å². The summed E-state index contributed by atoms with van der Waals surface area (Å²) in [6, 6.07) is 6.60. The number of nitrogens with one attached hydrogen (secondary N) is 2. The molecule has 2 N–H and O–H groups in total. The van der Waals surface area contributed by atoms with Gasteiger partial charge in [0.15, 0.2) is 11.6 Å². The van der Waals surface area contributed by atoms with Gasteiger partial charge < -0.3 is 5.32 Å². The molecule has 0 saturated heterocycles. The summed E-state index contributed by atoms with van der Waals surface area (Å²) in [5.74, 6) is -2.26. The number of hydrogen-bond donors (Lipinski definition) is 2. The minimum atomic E-state index is -3.77. The number of rotatable bonds is 7. The van der Waals surface area contributed by atoms with Crippen LogP contribution in [-0.4, -0.2) is 14.5 Å². The molecule has 2 aromatic carbocycles. The van der Waals surface area contributed by atoms with Crippen LogP contribution in [0.4, 0.5) is 18.9 Å². The first-order valence-electron chi connectivity index (χ1n) is 8.76. The van der Waals surface area contributed by atoms with Gasteiger partial charge in [-0.15, -0.1) is 0 Å². The molecule has 0 spiro atoms. The van der Waals surface area contributed by atoms with Gasteiger partial charge in [0.2, 0.25) is 10.0 Å². The van der Waals surface area contributed by atoms with Crippen LogP contribution in [0.1, 0.15) is 31.7 Å². The van der Waals surface area contributed by atoms with E-state index in [0.717, 1.165) is 37.5 Å². The lowest BCUT2D eigenvalue weighted by molar-refractivity contribution is 0.260. The van der Waals surface area contributed by atoms with Gasteiger partial charge in [0.1, 0.15) is 5.82 Å². The maximum Gasteiger partial charge on any atom is 0.240 e. The minimum absolute atomic E-state index is 0.0304. The van der Waals surface area contributed by atoms with E-state index in [1.165, 1.54) is 18.2 Å². The number of sulfonamides is 1. The Bertz CT molecular complexity index is 931. The maximum absolute atomic E-state index is 14.1. The Morgan fingerprint density at radius 3 is 2.37 bits per heavy atom. The first-order chi connectivity index (χ1) is 12.8. The molecule has 0 amide bonds. The van der Waals surface area contributed by atoms with Gasteiger partial charge in [0.05, 0.1) is 4.90 Å². The van der Waals surface area contributed by atoms with E-state index in [0.29, 0.717) is 5.92 Å². The summed E-state index contributed by atoms with van der Waals surface area (Å²) in [7, 11) is -3.77. The molecule has 146 valence electrons. The number of benzene rings is 2. The third kappa shape index (κ3) is 4.62. The highest BCUT2D eigenvalue weighted by Gasteiger charge is 2.28. The Labute approximate surface area is 156 Å². The Hall–Kier alpha value is -2.06. The molecule has 1 unspecified atom stereocenters. The van der Waals surface area contributed by atoms with Crippen LogP contribution >= 0.6 is 0 Å². The molecule has 0 radical (unpaired) electrons. The van der Waals surface area contributed by atoms with Crippen molar-refractivity contribution in [1.82, 2.24) is 4.72 Å². The Morgan fingerprint density at radius 1 is 1.04 bits per heavy atom. The van der Waals surface area contributed by atoms with Crippen LogP contribution in [0, 0.1) is 23.4 Å². The molecule has 1 saturated carbocycles. The summed E-state index contributed by atoms with van der Waals surface area (Å²) in [5, 5.41) is 2.76. The molecule has 1 atom stereocenters. The normalized spacial score (nSPS) is 16.0. The van der Waals surface area contributed by atoms with E-state index in [2.05, 4.69) is 10.0 Å². The van der Waals surface area contributed by atoms with Crippen molar-refractivity contribution in [2.45, 2.75) is 43.7 Å². The van der Waals surface area contributed by atoms with Crippen LogP contribution in [0.5, 0.6) is 0 Å². The monoisotopic (exact) mass is 398 g/mol. The zero-order chi connectivity index (χ0) is 19.6. The highest BCUT2D eigenvalue weighted by molar-refractivity contribution is 7.89. The van der Waals surface area contributed by atoms with Crippen molar-refractivity contribution in [1.29, 1.82) is 0 Å². The van der Waals surface area contributed by atoms with Crippen LogP contribution in [0.15, 0.2) is 41.3 Å². The highest BCUT2D eigenvalue weighted by Crippen LogP contribution is 2.30. The zero-order valence-corrected chi connectivity index (χ0v) is 15.6. The standard InChI is InChI=1S/C19H21F3N2O2S/c1-12(13-3-2-4-13)24-27(25,26)16-6-8-17(20)14(9-16)11-23-15-5-7-18(21)19(22)10-15/h5-10,12-13,23-24H,2-4,11H2,1H3. The topological polar surface area (TPSA) is 58.2 Å².